The first-order valence-corrected chi connectivity index (χ1v) is 7.56. The third-order valence-electron chi connectivity index (χ3n) is 5.79. The predicted molar refractivity (Wildman–Crippen MR) is 71.0 cm³/mol. The summed E-state index contributed by atoms with van der Waals surface area (Å²) < 4.78 is 5.90. The summed E-state index contributed by atoms with van der Waals surface area (Å²) in [5.74, 6) is 3.15. The molecule has 0 aromatic carbocycles. The Bertz CT molecular complexity index is 373. The Morgan fingerprint density at radius 2 is 2.17 bits per heavy atom. The minimum absolute atomic E-state index is 0.132. The second-order valence-electron chi connectivity index (χ2n) is 6.40. The van der Waals surface area contributed by atoms with Crippen LogP contribution in [0.25, 0.3) is 0 Å². The average Bonchev–Trinajstić information content (AvgIpc) is 2.99. The lowest BCUT2D eigenvalue weighted by Crippen LogP contribution is -2.44. The molecule has 0 aliphatic heterocycles. The van der Waals surface area contributed by atoms with Crippen molar-refractivity contribution in [1.29, 1.82) is 0 Å². The van der Waals surface area contributed by atoms with Crippen molar-refractivity contribution < 1.29 is 9.53 Å². The molecule has 3 saturated carbocycles. The molecule has 3 fully saturated rings. The van der Waals surface area contributed by atoms with Crippen molar-refractivity contribution in [3.8, 4) is 0 Å². The second kappa shape index (κ2) is 4.40. The van der Waals surface area contributed by atoms with Crippen LogP contribution in [0.1, 0.15) is 52.4 Å². The lowest BCUT2D eigenvalue weighted by molar-refractivity contribution is -0.164. The van der Waals surface area contributed by atoms with Gasteiger partial charge in [0.15, 0.2) is 0 Å². The molecule has 100 valence electrons. The summed E-state index contributed by atoms with van der Waals surface area (Å²) in [5, 5.41) is 0. The standard InChI is InChI=1S/C16H24O2/c1-3-6-15(17)18-16(4-2)10-11-9-14(16)13-8-5-7-12(11)13/h3,6,11-14H,4-5,7-10H2,1-2H3/b6-3+. The molecule has 0 aromatic rings. The van der Waals surface area contributed by atoms with Crippen LogP contribution in [0, 0.1) is 23.7 Å². The molecule has 5 unspecified atom stereocenters. The van der Waals surface area contributed by atoms with Crippen LogP contribution in [0.5, 0.6) is 0 Å². The van der Waals surface area contributed by atoms with Gasteiger partial charge in [-0.2, -0.15) is 0 Å². The minimum Gasteiger partial charge on any atom is -0.456 e. The fourth-order valence-electron chi connectivity index (χ4n) is 5.18. The number of ether oxygens (including phenoxy) is 1. The second-order valence-corrected chi connectivity index (χ2v) is 6.40. The molecule has 0 aromatic heterocycles. The average molecular weight is 248 g/mol. The summed E-state index contributed by atoms with van der Waals surface area (Å²) in [6, 6.07) is 0. The van der Waals surface area contributed by atoms with E-state index in [0.29, 0.717) is 5.92 Å². The van der Waals surface area contributed by atoms with Gasteiger partial charge in [0.1, 0.15) is 5.60 Å². The van der Waals surface area contributed by atoms with Gasteiger partial charge in [-0.05, 0) is 56.8 Å². The maximum Gasteiger partial charge on any atom is 0.330 e. The quantitative estimate of drug-likeness (QED) is 0.562. The molecule has 0 amide bonds. The lowest BCUT2D eigenvalue weighted by Gasteiger charge is -2.41. The van der Waals surface area contributed by atoms with E-state index >= 15 is 0 Å². The van der Waals surface area contributed by atoms with Crippen LogP contribution in [0.3, 0.4) is 0 Å². The van der Waals surface area contributed by atoms with Crippen LogP contribution in [-0.4, -0.2) is 11.6 Å². The highest BCUT2D eigenvalue weighted by molar-refractivity contribution is 5.82. The molecule has 3 rings (SSSR count). The van der Waals surface area contributed by atoms with E-state index < -0.39 is 0 Å². The smallest absolute Gasteiger partial charge is 0.330 e. The van der Waals surface area contributed by atoms with Crippen LogP contribution < -0.4 is 0 Å². The third kappa shape index (κ3) is 1.64. The summed E-state index contributed by atoms with van der Waals surface area (Å²) in [6.45, 7) is 4.06. The van der Waals surface area contributed by atoms with Crippen LogP contribution in [-0.2, 0) is 9.53 Å². The normalized spacial score (nSPS) is 45.7. The zero-order chi connectivity index (χ0) is 12.8. The van der Waals surface area contributed by atoms with Crippen molar-refractivity contribution in [2.75, 3.05) is 0 Å². The van der Waals surface area contributed by atoms with Crippen LogP contribution in [0.15, 0.2) is 12.2 Å². The number of hydrogen-bond acceptors (Lipinski definition) is 2. The van der Waals surface area contributed by atoms with Gasteiger partial charge in [0.25, 0.3) is 0 Å². The van der Waals surface area contributed by atoms with E-state index in [1.807, 2.05) is 6.92 Å². The van der Waals surface area contributed by atoms with E-state index in [2.05, 4.69) is 6.92 Å². The Morgan fingerprint density at radius 3 is 2.89 bits per heavy atom. The van der Waals surface area contributed by atoms with Crippen molar-refractivity contribution in [1.82, 2.24) is 0 Å². The number of allylic oxidation sites excluding steroid dienone is 1. The molecule has 5 atom stereocenters. The van der Waals surface area contributed by atoms with Gasteiger partial charge in [0, 0.05) is 12.0 Å². The molecule has 0 N–H and O–H groups in total. The minimum atomic E-state index is -0.138. The highest BCUT2D eigenvalue weighted by atomic mass is 16.6. The SMILES string of the molecule is C/C=C/C(=O)OC1(CC)CC2CC1C1CCCC21. The maximum atomic E-state index is 11.8. The Labute approximate surface area is 110 Å². The summed E-state index contributed by atoms with van der Waals surface area (Å²) in [6.07, 6.45) is 11.0. The molecular weight excluding hydrogens is 224 g/mol. The summed E-state index contributed by atoms with van der Waals surface area (Å²) in [7, 11) is 0. The Balaban J connectivity index is 1.80. The molecule has 3 aliphatic rings. The van der Waals surface area contributed by atoms with Gasteiger partial charge in [-0.3, -0.25) is 0 Å². The summed E-state index contributed by atoms with van der Waals surface area (Å²) >= 11 is 0. The zero-order valence-corrected chi connectivity index (χ0v) is 11.5. The van der Waals surface area contributed by atoms with E-state index in [4.69, 9.17) is 4.74 Å². The fraction of sp³-hybridized carbons (Fsp3) is 0.812. The van der Waals surface area contributed by atoms with Gasteiger partial charge in [-0.25, -0.2) is 4.79 Å². The third-order valence-corrected chi connectivity index (χ3v) is 5.79. The predicted octanol–water partition coefficient (Wildman–Crippen LogP) is 3.71. The summed E-state index contributed by atoms with van der Waals surface area (Å²) in [5.41, 5.74) is -0.132. The summed E-state index contributed by atoms with van der Waals surface area (Å²) in [4.78, 5) is 11.8. The molecule has 0 saturated heterocycles. The van der Waals surface area contributed by atoms with Gasteiger partial charge in [-0.1, -0.05) is 19.4 Å². The Morgan fingerprint density at radius 1 is 1.39 bits per heavy atom. The number of hydrogen-bond donors (Lipinski definition) is 0. The van der Waals surface area contributed by atoms with Crippen LogP contribution in [0.4, 0.5) is 0 Å². The molecular formula is C16H24O2. The molecule has 2 nitrogen and oxygen atoms in total. The van der Waals surface area contributed by atoms with Crippen molar-refractivity contribution in [2.24, 2.45) is 23.7 Å². The van der Waals surface area contributed by atoms with Crippen molar-refractivity contribution in [2.45, 2.75) is 58.0 Å². The molecule has 18 heavy (non-hydrogen) atoms. The van der Waals surface area contributed by atoms with E-state index in [-0.39, 0.29) is 11.6 Å². The number of carbonyl (C=O) groups is 1. The van der Waals surface area contributed by atoms with Gasteiger partial charge < -0.3 is 4.74 Å². The lowest BCUT2D eigenvalue weighted by atomic mass is 9.71. The number of carbonyl (C=O) groups excluding carboxylic acids is 1. The van der Waals surface area contributed by atoms with Crippen molar-refractivity contribution in [3.05, 3.63) is 12.2 Å². The van der Waals surface area contributed by atoms with Crippen molar-refractivity contribution >= 4 is 5.97 Å². The number of fused-ring (bicyclic) bond motifs is 5. The first-order valence-electron chi connectivity index (χ1n) is 7.56. The van der Waals surface area contributed by atoms with E-state index in [9.17, 15) is 4.79 Å². The first kappa shape index (κ1) is 12.3. The molecule has 2 heteroatoms. The highest BCUT2D eigenvalue weighted by Gasteiger charge is 2.61. The van der Waals surface area contributed by atoms with Crippen molar-refractivity contribution in [3.63, 3.8) is 0 Å². The molecule has 2 bridgehead atoms. The number of esters is 1. The molecule has 0 spiro atoms. The highest BCUT2D eigenvalue weighted by Crippen LogP contribution is 2.64. The Kier molecular flexibility index (Phi) is 2.99. The fourth-order valence-corrected chi connectivity index (χ4v) is 5.18. The Hall–Kier alpha value is -0.790. The zero-order valence-electron chi connectivity index (χ0n) is 11.5. The van der Waals surface area contributed by atoms with Crippen LogP contribution in [0.2, 0.25) is 0 Å². The first-order chi connectivity index (χ1) is 8.70. The maximum absolute atomic E-state index is 11.8. The van der Waals surface area contributed by atoms with Gasteiger partial charge in [0.05, 0.1) is 0 Å². The monoisotopic (exact) mass is 248 g/mol. The van der Waals surface area contributed by atoms with E-state index in [1.165, 1.54) is 25.7 Å². The van der Waals surface area contributed by atoms with E-state index in [0.717, 1.165) is 30.6 Å². The number of rotatable bonds is 3. The molecule has 0 heterocycles. The van der Waals surface area contributed by atoms with Gasteiger partial charge >= 0.3 is 5.97 Å². The molecule has 0 radical (unpaired) electrons. The van der Waals surface area contributed by atoms with Gasteiger partial charge in [0.2, 0.25) is 0 Å². The van der Waals surface area contributed by atoms with Crippen LogP contribution >= 0.6 is 0 Å². The largest absolute Gasteiger partial charge is 0.456 e. The van der Waals surface area contributed by atoms with Gasteiger partial charge in [-0.15, -0.1) is 0 Å². The molecule has 3 aliphatic carbocycles. The topological polar surface area (TPSA) is 26.3 Å². The van der Waals surface area contributed by atoms with E-state index in [1.54, 1.807) is 12.2 Å².